The molecular formula is C20H26F3N5O5. The Hall–Kier alpha value is -3.38. The number of amides is 4. The van der Waals surface area contributed by atoms with Crippen LogP contribution < -0.4 is 10.6 Å². The number of urea groups is 1. The number of carbonyl (C=O) groups excluding carboxylic acids is 3. The second kappa shape index (κ2) is 10.5. The Labute approximate surface area is 188 Å². The van der Waals surface area contributed by atoms with Gasteiger partial charge in [-0.15, -0.1) is 0 Å². The van der Waals surface area contributed by atoms with Crippen molar-refractivity contribution >= 4 is 23.8 Å². The number of aromatic nitrogens is 1. The molecule has 1 atom stereocenters. The van der Waals surface area contributed by atoms with Crippen LogP contribution in [-0.4, -0.2) is 88.6 Å². The molecule has 2 fully saturated rings. The fraction of sp³-hybridized carbons (Fsp3) is 0.550. The molecule has 13 heteroatoms. The molecule has 2 aliphatic heterocycles. The van der Waals surface area contributed by atoms with Crippen molar-refractivity contribution in [3.05, 3.63) is 30.1 Å². The van der Waals surface area contributed by atoms with Gasteiger partial charge in [0, 0.05) is 63.0 Å². The highest BCUT2D eigenvalue weighted by Crippen LogP contribution is 2.31. The van der Waals surface area contributed by atoms with Gasteiger partial charge in [0.05, 0.1) is 5.56 Å². The van der Waals surface area contributed by atoms with Gasteiger partial charge in [-0.05, 0) is 26.0 Å². The number of alkyl halides is 3. The third kappa shape index (κ3) is 7.32. The van der Waals surface area contributed by atoms with Crippen LogP contribution in [0.25, 0.3) is 0 Å². The molecule has 0 aliphatic carbocycles. The number of carboxylic acids is 1. The normalized spacial score (nSPS) is 20.6. The predicted octanol–water partition coefficient (Wildman–Crippen LogP) is 1.10. The van der Waals surface area contributed by atoms with E-state index in [4.69, 9.17) is 9.90 Å². The fourth-order valence-electron chi connectivity index (χ4n) is 3.59. The lowest BCUT2D eigenvalue weighted by atomic mass is 9.86. The zero-order chi connectivity index (χ0) is 24.8. The van der Waals surface area contributed by atoms with Gasteiger partial charge in [0.1, 0.15) is 0 Å². The molecule has 1 spiro atoms. The quantitative estimate of drug-likeness (QED) is 0.589. The Morgan fingerprint density at radius 2 is 1.82 bits per heavy atom. The molecule has 0 radical (unpaired) electrons. The van der Waals surface area contributed by atoms with E-state index < -0.39 is 17.6 Å². The SMILES string of the molecule is CC(C)NC(=O)N1CCN(C(=O)c2cccnc2)CC2(CNC(=O)C2)C1.O=C(O)C(F)(F)F. The van der Waals surface area contributed by atoms with Crippen LogP contribution in [0.2, 0.25) is 0 Å². The molecule has 182 valence electrons. The van der Waals surface area contributed by atoms with Crippen LogP contribution in [0, 0.1) is 5.41 Å². The molecule has 0 bridgehead atoms. The largest absolute Gasteiger partial charge is 0.490 e. The number of rotatable bonds is 2. The van der Waals surface area contributed by atoms with E-state index in [0.29, 0.717) is 44.7 Å². The number of hydrogen-bond acceptors (Lipinski definition) is 5. The average Bonchev–Trinajstić information content (AvgIpc) is 2.98. The summed E-state index contributed by atoms with van der Waals surface area (Å²) < 4.78 is 31.7. The van der Waals surface area contributed by atoms with Gasteiger partial charge in [-0.1, -0.05) is 0 Å². The summed E-state index contributed by atoms with van der Waals surface area (Å²) in [7, 11) is 0. The van der Waals surface area contributed by atoms with E-state index in [1.165, 1.54) is 0 Å². The van der Waals surface area contributed by atoms with E-state index in [-0.39, 0.29) is 23.9 Å². The molecule has 1 aromatic rings. The Bertz CT molecular complexity index is 881. The average molecular weight is 473 g/mol. The fourth-order valence-corrected chi connectivity index (χ4v) is 3.59. The van der Waals surface area contributed by atoms with Gasteiger partial charge in [-0.3, -0.25) is 14.6 Å². The highest BCUT2D eigenvalue weighted by molar-refractivity contribution is 5.94. The van der Waals surface area contributed by atoms with E-state index in [1.807, 2.05) is 13.8 Å². The van der Waals surface area contributed by atoms with Crippen molar-refractivity contribution in [1.29, 1.82) is 0 Å². The van der Waals surface area contributed by atoms with Gasteiger partial charge in [-0.25, -0.2) is 9.59 Å². The molecule has 1 aromatic heterocycles. The van der Waals surface area contributed by atoms with Crippen LogP contribution in [0.4, 0.5) is 18.0 Å². The minimum absolute atomic E-state index is 0.0261. The van der Waals surface area contributed by atoms with Crippen molar-refractivity contribution < 1.29 is 37.5 Å². The van der Waals surface area contributed by atoms with Crippen LogP contribution in [0.15, 0.2) is 24.5 Å². The van der Waals surface area contributed by atoms with Gasteiger partial charge >= 0.3 is 18.2 Å². The summed E-state index contributed by atoms with van der Waals surface area (Å²) >= 11 is 0. The molecule has 3 rings (SSSR count). The maximum Gasteiger partial charge on any atom is 0.490 e. The Morgan fingerprint density at radius 3 is 2.30 bits per heavy atom. The maximum atomic E-state index is 12.9. The second-order valence-electron chi connectivity index (χ2n) is 8.25. The number of nitrogens with zero attached hydrogens (tertiary/aromatic N) is 3. The van der Waals surface area contributed by atoms with Crippen LogP contribution in [0.1, 0.15) is 30.6 Å². The minimum atomic E-state index is -5.08. The van der Waals surface area contributed by atoms with Gasteiger partial charge in [0.25, 0.3) is 5.91 Å². The highest BCUT2D eigenvalue weighted by atomic mass is 19.4. The van der Waals surface area contributed by atoms with E-state index in [9.17, 15) is 27.6 Å². The summed E-state index contributed by atoms with van der Waals surface area (Å²) in [6.45, 7) is 6.02. The molecule has 4 amide bonds. The van der Waals surface area contributed by atoms with Gasteiger partial charge in [0.15, 0.2) is 0 Å². The summed E-state index contributed by atoms with van der Waals surface area (Å²) in [4.78, 5) is 53.7. The van der Waals surface area contributed by atoms with E-state index >= 15 is 0 Å². The first-order valence-corrected chi connectivity index (χ1v) is 10.1. The number of nitrogens with one attached hydrogen (secondary N) is 2. The molecule has 2 aliphatic rings. The third-order valence-corrected chi connectivity index (χ3v) is 5.03. The van der Waals surface area contributed by atoms with Gasteiger partial charge < -0.3 is 25.5 Å². The first-order chi connectivity index (χ1) is 15.3. The van der Waals surface area contributed by atoms with Crippen LogP contribution in [-0.2, 0) is 9.59 Å². The lowest BCUT2D eigenvalue weighted by Crippen LogP contribution is -2.48. The minimum Gasteiger partial charge on any atom is -0.475 e. The van der Waals surface area contributed by atoms with E-state index in [1.54, 1.807) is 34.3 Å². The molecule has 2 saturated heterocycles. The van der Waals surface area contributed by atoms with Crippen molar-refractivity contribution in [1.82, 2.24) is 25.4 Å². The zero-order valence-electron chi connectivity index (χ0n) is 18.2. The number of pyridine rings is 1. The number of carboxylic acid groups (broad SMARTS) is 1. The molecule has 33 heavy (non-hydrogen) atoms. The van der Waals surface area contributed by atoms with Crippen molar-refractivity contribution in [2.45, 2.75) is 32.5 Å². The Balaban J connectivity index is 0.000000479. The molecule has 0 aromatic carbocycles. The lowest BCUT2D eigenvalue weighted by Gasteiger charge is -2.32. The summed E-state index contributed by atoms with van der Waals surface area (Å²) in [5.74, 6) is -2.92. The standard InChI is InChI=1S/C18H25N5O3.C2HF3O2/c1-13(2)21-17(26)23-7-6-22(16(25)14-4-3-5-19-9-14)11-18(12-23)8-15(24)20-10-18;3-2(4,5)1(6)7/h3-5,9,13H,6-8,10-12H2,1-2H3,(H,20,24)(H,21,26);(H,6,7). The summed E-state index contributed by atoms with van der Waals surface area (Å²) in [6, 6.07) is 3.32. The van der Waals surface area contributed by atoms with Gasteiger partial charge in [0.2, 0.25) is 5.91 Å². The number of aliphatic carboxylic acids is 1. The predicted molar refractivity (Wildman–Crippen MR) is 109 cm³/mol. The Morgan fingerprint density at radius 1 is 1.21 bits per heavy atom. The number of halogens is 3. The molecule has 3 N–H and O–H groups in total. The topological polar surface area (TPSA) is 132 Å². The van der Waals surface area contributed by atoms with Crippen molar-refractivity contribution in [2.24, 2.45) is 5.41 Å². The maximum absolute atomic E-state index is 12.9. The second-order valence-corrected chi connectivity index (χ2v) is 8.25. The van der Waals surface area contributed by atoms with Crippen LogP contribution in [0.5, 0.6) is 0 Å². The third-order valence-electron chi connectivity index (χ3n) is 5.03. The summed E-state index contributed by atoms with van der Waals surface area (Å²) in [5, 5.41) is 12.9. The molecule has 0 saturated carbocycles. The van der Waals surface area contributed by atoms with Crippen molar-refractivity contribution in [3.63, 3.8) is 0 Å². The first-order valence-electron chi connectivity index (χ1n) is 10.1. The Kier molecular flexibility index (Phi) is 8.23. The monoisotopic (exact) mass is 473 g/mol. The smallest absolute Gasteiger partial charge is 0.475 e. The molecular weight excluding hydrogens is 447 g/mol. The van der Waals surface area contributed by atoms with Gasteiger partial charge in [-0.2, -0.15) is 13.2 Å². The molecule has 1 unspecified atom stereocenters. The first kappa shape index (κ1) is 25.9. The van der Waals surface area contributed by atoms with E-state index in [0.717, 1.165) is 0 Å². The number of hydrogen-bond donors (Lipinski definition) is 3. The zero-order valence-corrected chi connectivity index (χ0v) is 18.2. The summed E-state index contributed by atoms with van der Waals surface area (Å²) in [5.41, 5.74) is 0.0553. The van der Waals surface area contributed by atoms with Crippen LogP contribution in [0.3, 0.4) is 0 Å². The molecule has 10 nitrogen and oxygen atoms in total. The highest BCUT2D eigenvalue weighted by Gasteiger charge is 2.45. The van der Waals surface area contributed by atoms with Crippen molar-refractivity contribution in [2.75, 3.05) is 32.7 Å². The lowest BCUT2D eigenvalue weighted by molar-refractivity contribution is -0.192. The molecule has 3 heterocycles. The van der Waals surface area contributed by atoms with Crippen LogP contribution >= 0.6 is 0 Å². The van der Waals surface area contributed by atoms with Crippen molar-refractivity contribution in [3.8, 4) is 0 Å². The summed E-state index contributed by atoms with van der Waals surface area (Å²) in [6.07, 6.45) is -1.60. The number of carbonyl (C=O) groups is 4. The van der Waals surface area contributed by atoms with E-state index in [2.05, 4.69) is 15.6 Å².